The molecule has 0 unspecified atom stereocenters. The van der Waals surface area contributed by atoms with E-state index >= 15 is 0 Å². The molecule has 0 saturated carbocycles. The minimum Gasteiger partial charge on any atom is -0.438 e. The molecule has 2 heterocycles. The summed E-state index contributed by atoms with van der Waals surface area (Å²) in [7, 11) is 0. The first-order valence-corrected chi connectivity index (χ1v) is 9.64. The Kier molecular flexibility index (Phi) is 5.82. The third kappa shape index (κ3) is 4.36. The van der Waals surface area contributed by atoms with Gasteiger partial charge in [-0.05, 0) is 77.7 Å². The van der Waals surface area contributed by atoms with E-state index in [1.807, 2.05) is 6.92 Å². The fourth-order valence-electron chi connectivity index (χ4n) is 3.77. The van der Waals surface area contributed by atoms with E-state index in [-0.39, 0.29) is 0 Å². The van der Waals surface area contributed by atoms with Crippen LogP contribution in [0.4, 0.5) is 5.69 Å². The van der Waals surface area contributed by atoms with Crippen molar-refractivity contribution in [1.29, 1.82) is 0 Å². The molecule has 4 heteroatoms. The van der Waals surface area contributed by atoms with Gasteiger partial charge >= 0.3 is 0 Å². The van der Waals surface area contributed by atoms with Crippen molar-refractivity contribution in [3.05, 3.63) is 46.1 Å². The molecule has 140 valence electrons. The van der Waals surface area contributed by atoms with E-state index in [0.717, 1.165) is 46.9 Å². The van der Waals surface area contributed by atoms with Crippen LogP contribution in [0.15, 0.2) is 18.2 Å². The number of aryl methyl sites for hydroxylation is 4. The largest absolute Gasteiger partial charge is 0.438 e. The fourth-order valence-corrected chi connectivity index (χ4v) is 3.77. The maximum absolute atomic E-state index is 6.27. The summed E-state index contributed by atoms with van der Waals surface area (Å²) in [5.41, 5.74) is 6.70. The summed E-state index contributed by atoms with van der Waals surface area (Å²) >= 11 is 0. The third-order valence-corrected chi connectivity index (χ3v) is 5.10. The summed E-state index contributed by atoms with van der Waals surface area (Å²) < 4.78 is 6.27. The number of nitrogens with zero attached hydrogens (tertiary/aromatic N) is 2. The van der Waals surface area contributed by atoms with E-state index in [9.17, 15) is 0 Å². The molecule has 1 aliphatic heterocycles. The highest BCUT2D eigenvalue weighted by molar-refractivity contribution is 5.57. The van der Waals surface area contributed by atoms with Crippen LogP contribution >= 0.6 is 0 Å². The molecule has 0 aliphatic carbocycles. The molecule has 1 aromatic heterocycles. The molecular weight excluding hydrogens is 322 g/mol. The number of aromatic nitrogens is 1. The lowest BCUT2D eigenvalue weighted by Crippen LogP contribution is -2.26. The predicted octanol–water partition coefficient (Wildman–Crippen LogP) is 4.92. The number of anilines is 1. The Morgan fingerprint density at radius 3 is 2.31 bits per heavy atom. The molecule has 0 radical (unpaired) electrons. The number of hydrogen-bond donors (Lipinski definition) is 1. The zero-order valence-corrected chi connectivity index (χ0v) is 16.8. The van der Waals surface area contributed by atoms with Gasteiger partial charge in [-0.15, -0.1) is 0 Å². The van der Waals surface area contributed by atoms with Gasteiger partial charge in [-0.2, -0.15) is 0 Å². The van der Waals surface area contributed by atoms with Crippen molar-refractivity contribution in [2.24, 2.45) is 0 Å². The zero-order chi connectivity index (χ0) is 18.7. The number of benzene rings is 1. The average molecular weight is 354 g/mol. The van der Waals surface area contributed by atoms with Crippen molar-refractivity contribution >= 4 is 5.69 Å². The summed E-state index contributed by atoms with van der Waals surface area (Å²) in [4.78, 5) is 7.17. The zero-order valence-electron chi connectivity index (χ0n) is 16.8. The molecule has 0 spiro atoms. The molecule has 1 aromatic carbocycles. The first kappa shape index (κ1) is 18.7. The molecule has 0 bridgehead atoms. The Morgan fingerprint density at radius 2 is 1.65 bits per heavy atom. The molecule has 0 atom stereocenters. The number of rotatable bonds is 6. The molecular formula is C22H31N3O. The highest BCUT2D eigenvalue weighted by atomic mass is 16.5. The highest BCUT2D eigenvalue weighted by Crippen LogP contribution is 2.33. The minimum atomic E-state index is 0.698. The average Bonchev–Trinajstić information content (AvgIpc) is 3.08. The lowest BCUT2D eigenvalue weighted by atomic mass is 10.1. The van der Waals surface area contributed by atoms with Crippen LogP contribution in [0.25, 0.3) is 0 Å². The summed E-state index contributed by atoms with van der Waals surface area (Å²) in [6.07, 6.45) is 2.67. The summed E-state index contributed by atoms with van der Waals surface area (Å²) in [6, 6.07) is 6.42. The smallest absolute Gasteiger partial charge is 0.224 e. The Morgan fingerprint density at radius 1 is 1.00 bits per heavy atom. The van der Waals surface area contributed by atoms with Gasteiger partial charge in [0.05, 0.1) is 0 Å². The van der Waals surface area contributed by atoms with Crippen molar-refractivity contribution in [2.45, 2.75) is 47.5 Å². The van der Waals surface area contributed by atoms with Gasteiger partial charge in [0, 0.05) is 30.0 Å². The van der Waals surface area contributed by atoms with Crippen LogP contribution in [0.2, 0.25) is 0 Å². The lowest BCUT2D eigenvalue weighted by molar-refractivity contribution is 0.352. The summed E-state index contributed by atoms with van der Waals surface area (Å²) in [5, 5.41) is 3.58. The predicted molar refractivity (Wildman–Crippen MR) is 109 cm³/mol. The Balaban J connectivity index is 1.76. The van der Waals surface area contributed by atoms with Crippen LogP contribution in [0, 0.1) is 34.6 Å². The van der Waals surface area contributed by atoms with Crippen LogP contribution in [0.5, 0.6) is 11.6 Å². The van der Waals surface area contributed by atoms with E-state index in [0.29, 0.717) is 5.88 Å². The van der Waals surface area contributed by atoms with Gasteiger partial charge in [-0.3, -0.25) is 0 Å². The first-order chi connectivity index (χ1) is 12.4. The SMILES string of the molecule is Cc1cc(C)c(Oc2nc(C)cc(NCCN3CCCC3)c2C)c(C)c1. The molecule has 1 aliphatic rings. The van der Waals surface area contributed by atoms with E-state index in [4.69, 9.17) is 4.74 Å². The van der Waals surface area contributed by atoms with Crippen molar-refractivity contribution in [2.75, 3.05) is 31.5 Å². The fraction of sp³-hybridized carbons (Fsp3) is 0.500. The van der Waals surface area contributed by atoms with Gasteiger partial charge in [0.15, 0.2) is 0 Å². The van der Waals surface area contributed by atoms with E-state index < -0.39 is 0 Å². The van der Waals surface area contributed by atoms with Crippen molar-refractivity contribution in [3.63, 3.8) is 0 Å². The van der Waals surface area contributed by atoms with Crippen molar-refractivity contribution < 1.29 is 4.74 Å². The molecule has 3 rings (SSSR count). The molecule has 4 nitrogen and oxygen atoms in total. The molecule has 2 aromatic rings. The van der Waals surface area contributed by atoms with Gasteiger partial charge in [-0.25, -0.2) is 4.98 Å². The Bertz CT molecular complexity index is 756. The third-order valence-electron chi connectivity index (χ3n) is 5.10. The van der Waals surface area contributed by atoms with E-state index in [2.05, 4.69) is 61.1 Å². The van der Waals surface area contributed by atoms with E-state index in [1.54, 1.807) is 0 Å². The number of ether oxygens (including phenoxy) is 1. The molecule has 26 heavy (non-hydrogen) atoms. The van der Waals surface area contributed by atoms with Gasteiger partial charge in [0.2, 0.25) is 5.88 Å². The van der Waals surface area contributed by atoms with Gasteiger partial charge < -0.3 is 15.0 Å². The van der Waals surface area contributed by atoms with Gasteiger partial charge in [-0.1, -0.05) is 17.7 Å². The van der Waals surface area contributed by atoms with Crippen LogP contribution in [-0.2, 0) is 0 Å². The second-order valence-corrected chi connectivity index (χ2v) is 7.55. The molecule has 0 amide bonds. The Labute approximate surface area is 157 Å². The molecule has 1 N–H and O–H groups in total. The van der Waals surface area contributed by atoms with Crippen LogP contribution in [-0.4, -0.2) is 36.1 Å². The lowest BCUT2D eigenvalue weighted by Gasteiger charge is -2.19. The van der Waals surface area contributed by atoms with E-state index in [1.165, 1.54) is 31.5 Å². The molecule has 1 saturated heterocycles. The van der Waals surface area contributed by atoms with Crippen molar-refractivity contribution in [1.82, 2.24) is 9.88 Å². The van der Waals surface area contributed by atoms with Crippen LogP contribution in [0.3, 0.4) is 0 Å². The van der Waals surface area contributed by atoms with Crippen molar-refractivity contribution in [3.8, 4) is 11.6 Å². The molecule has 1 fully saturated rings. The number of nitrogens with one attached hydrogen (secondary N) is 1. The van der Waals surface area contributed by atoms with Gasteiger partial charge in [0.25, 0.3) is 0 Å². The highest BCUT2D eigenvalue weighted by Gasteiger charge is 2.14. The minimum absolute atomic E-state index is 0.698. The quantitative estimate of drug-likeness (QED) is 0.799. The number of pyridine rings is 1. The van der Waals surface area contributed by atoms with Crippen LogP contribution in [0.1, 0.15) is 40.8 Å². The topological polar surface area (TPSA) is 37.4 Å². The second-order valence-electron chi connectivity index (χ2n) is 7.55. The number of hydrogen-bond acceptors (Lipinski definition) is 4. The maximum atomic E-state index is 6.27. The Hall–Kier alpha value is -2.07. The second kappa shape index (κ2) is 8.09. The monoisotopic (exact) mass is 353 g/mol. The standard InChI is InChI=1S/C22H31N3O/c1-15-12-16(2)21(17(3)13-15)26-22-19(5)20(14-18(4)24-22)23-8-11-25-9-6-7-10-25/h12-14H,6-11H2,1-5H3,(H,23,24). The summed E-state index contributed by atoms with van der Waals surface area (Å²) in [6.45, 7) is 14.9. The maximum Gasteiger partial charge on any atom is 0.224 e. The van der Waals surface area contributed by atoms with Crippen LogP contribution < -0.4 is 10.1 Å². The number of likely N-dealkylation sites (tertiary alicyclic amines) is 1. The van der Waals surface area contributed by atoms with Gasteiger partial charge in [0.1, 0.15) is 5.75 Å². The first-order valence-electron chi connectivity index (χ1n) is 9.64. The normalized spacial score (nSPS) is 14.7. The summed E-state index contributed by atoms with van der Waals surface area (Å²) in [5.74, 6) is 1.61.